The van der Waals surface area contributed by atoms with Gasteiger partial charge in [-0.1, -0.05) is 0 Å². The molecule has 1 heterocycles. The summed E-state index contributed by atoms with van der Waals surface area (Å²) in [7, 11) is 3.35. The number of hydrogen-bond donors (Lipinski definition) is 2. The zero-order valence-electron chi connectivity index (χ0n) is 10.7. The van der Waals surface area contributed by atoms with Crippen LogP contribution in [-0.2, 0) is 4.79 Å². The maximum atomic E-state index is 11.8. The van der Waals surface area contributed by atoms with E-state index in [1.54, 1.807) is 26.2 Å². The molecule has 0 atom stereocenters. The molecule has 2 amide bonds. The molecular formula is C11H17BrClN3O3. The Bertz CT molecular complexity index is 425. The van der Waals surface area contributed by atoms with Gasteiger partial charge in [-0.15, -0.1) is 12.4 Å². The lowest BCUT2D eigenvalue weighted by molar-refractivity contribution is -0.121. The van der Waals surface area contributed by atoms with Gasteiger partial charge in [0.05, 0.1) is 6.54 Å². The molecule has 0 fully saturated rings. The molecule has 0 unspecified atom stereocenters. The highest BCUT2D eigenvalue weighted by Gasteiger charge is 2.17. The monoisotopic (exact) mass is 353 g/mol. The van der Waals surface area contributed by atoms with Gasteiger partial charge in [0.15, 0.2) is 10.4 Å². The summed E-state index contributed by atoms with van der Waals surface area (Å²) in [6, 6.07) is 3.19. The van der Waals surface area contributed by atoms with E-state index in [1.165, 1.54) is 4.90 Å². The lowest BCUT2D eigenvalue weighted by Gasteiger charge is -2.15. The van der Waals surface area contributed by atoms with Gasteiger partial charge >= 0.3 is 0 Å². The molecule has 1 aromatic rings. The molecule has 0 aliphatic heterocycles. The SMILES string of the molecule is CNCCNC(=O)CN(C)C(=O)c1ccc(Br)o1.Cl. The molecular weight excluding hydrogens is 337 g/mol. The van der Waals surface area contributed by atoms with Crippen molar-refractivity contribution in [3.8, 4) is 0 Å². The van der Waals surface area contributed by atoms with Gasteiger partial charge in [-0.2, -0.15) is 0 Å². The summed E-state index contributed by atoms with van der Waals surface area (Å²) >= 11 is 3.12. The van der Waals surface area contributed by atoms with E-state index >= 15 is 0 Å². The molecule has 0 bridgehead atoms. The first kappa shape index (κ1) is 17.9. The van der Waals surface area contributed by atoms with Crippen LogP contribution < -0.4 is 10.6 Å². The minimum Gasteiger partial charge on any atom is -0.444 e. The third-order valence-corrected chi connectivity index (χ3v) is 2.63. The molecule has 19 heavy (non-hydrogen) atoms. The van der Waals surface area contributed by atoms with Crippen LogP contribution in [0.25, 0.3) is 0 Å². The number of halogens is 2. The highest BCUT2D eigenvalue weighted by Crippen LogP contribution is 2.15. The fraction of sp³-hybridized carbons (Fsp3) is 0.455. The Morgan fingerprint density at radius 1 is 1.37 bits per heavy atom. The Morgan fingerprint density at radius 2 is 2.05 bits per heavy atom. The smallest absolute Gasteiger partial charge is 0.289 e. The molecule has 0 aromatic carbocycles. The number of carbonyl (C=O) groups is 2. The fourth-order valence-corrected chi connectivity index (χ4v) is 1.59. The van der Waals surface area contributed by atoms with Crippen molar-refractivity contribution < 1.29 is 14.0 Å². The van der Waals surface area contributed by atoms with Crippen LogP contribution in [0.5, 0.6) is 0 Å². The molecule has 0 saturated carbocycles. The highest BCUT2D eigenvalue weighted by molar-refractivity contribution is 9.10. The third kappa shape index (κ3) is 6.09. The average Bonchev–Trinajstić information content (AvgIpc) is 2.75. The number of nitrogens with one attached hydrogen (secondary N) is 2. The van der Waals surface area contributed by atoms with Gasteiger partial charge < -0.3 is 20.0 Å². The first-order valence-electron chi connectivity index (χ1n) is 5.46. The second kappa shape index (κ2) is 8.95. The van der Waals surface area contributed by atoms with Crippen molar-refractivity contribution in [2.24, 2.45) is 0 Å². The maximum Gasteiger partial charge on any atom is 0.289 e. The molecule has 2 N–H and O–H groups in total. The second-order valence-electron chi connectivity index (χ2n) is 3.72. The third-order valence-electron chi connectivity index (χ3n) is 2.21. The topological polar surface area (TPSA) is 74.6 Å². The van der Waals surface area contributed by atoms with Gasteiger partial charge in [-0.25, -0.2) is 0 Å². The number of hydrogen-bond acceptors (Lipinski definition) is 4. The highest BCUT2D eigenvalue weighted by atomic mass is 79.9. The maximum absolute atomic E-state index is 11.8. The van der Waals surface area contributed by atoms with Crippen molar-refractivity contribution in [2.45, 2.75) is 0 Å². The van der Waals surface area contributed by atoms with Crippen LogP contribution in [0.3, 0.4) is 0 Å². The van der Waals surface area contributed by atoms with E-state index in [-0.39, 0.29) is 36.5 Å². The number of amides is 2. The molecule has 8 heteroatoms. The van der Waals surface area contributed by atoms with E-state index in [4.69, 9.17) is 4.42 Å². The first-order chi connectivity index (χ1) is 8.54. The van der Waals surface area contributed by atoms with Crippen LogP contribution in [-0.4, -0.2) is 50.4 Å². The van der Waals surface area contributed by atoms with Crippen LogP contribution in [0.4, 0.5) is 0 Å². The molecule has 1 aromatic heterocycles. The fourth-order valence-electron chi connectivity index (χ4n) is 1.29. The summed E-state index contributed by atoms with van der Waals surface area (Å²) in [5.41, 5.74) is 0. The lowest BCUT2D eigenvalue weighted by atomic mass is 10.4. The number of carbonyl (C=O) groups excluding carboxylic acids is 2. The lowest BCUT2D eigenvalue weighted by Crippen LogP contribution is -2.40. The number of rotatable bonds is 6. The number of likely N-dealkylation sites (N-methyl/N-ethyl adjacent to an activating group) is 2. The molecule has 0 aliphatic rings. The predicted molar refractivity (Wildman–Crippen MR) is 77.6 cm³/mol. The van der Waals surface area contributed by atoms with Crippen molar-refractivity contribution in [1.29, 1.82) is 0 Å². The van der Waals surface area contributed by atoms with E-state index in [2.05, 4.69) is 26.6 Å². The molecule has 0 aliphatic carbocycles. The van der Waals surface area contributed by atoms with E-state index in [0.717, 1.165) is 0 Å². The quantitative estimate of drug-likeness (QED) is 0.744. The molecule has 108 valence electrons. The Balaban J connectivity index is 0.00000324. The second-order valence-corrected chi connectivity index (χ2v) is 4.50. The summed E-state index contributed by atoms with van der Waals surface area (Å²) in [4.78, 5) is 24.6. The Morgan fingerprint density at radius 3 is 2.58 bits per heavy atom. The molecule has 0 radical (unpaired) electrons. The van der Waals surface area contributed by atoms with E-state index < -0.39 is 0 Å². The Hall–Kier alpha value is -1.05. The Labute approximate surface area is 126 Å². The average molecular weight is 355 g/mol. The van der Waals surface area contributed by atoms with Crippen molar-refractivity contribution in [2.75, 3.05) is 33.7 Å². The molecule has 0 spiro atoms. The van der Waals surface area contributed by atoms with Gasteiger partial charge in [0.1, 0.15) is 0 Å². The van der Waals surface area contributed by atoms with Crippen LogP contribution in [0, 0.1) is 0 Å². The Kier molecular flexibility index (Phi) is 8.46. The summed E-state index contributed by atoms with van der Waals surface area (Å²) in [6.45, 7) is 1.22. The van der Waals surface area contributed by atoms with Gasteiger partial charge in [0.2, 0.25) is 5.91 Å². The molecule has 0 saturated heterocycles. The van der Waals surface area contributed by atoms with Crippen LogP contribution in [0.15, 0.2) is 21.2 Å². The van der Waals surface area contributed by atoms with E-state index in [9.17, 15) is 9.59 Å². The summed E-state index contributed by atoms with van der Waals surface area (Å²) < 4.78 is 5.61. The number of nitrogens with zero attached hydrogens (tertiary/aromatic N) is 1. The minimum atomic E-state index is -0.329. The van der Waals surface area contributed by atoms with Crippen molar-refractivity contribution in [3.05, 3.63) is 22.6 Å². The number of furan rings is 1. The summed E-state index contributed by atoms with van der Waals surface area (Å²) in [5.74, 6) is -0.330. The molecule has 6 nitrogen and oxygen atoms in total. The zero-order valence-corrected chi connectivity index (χ0v) is 13.1. The van der Waals surface area contributed by atoms with Gasteiger partial charge in [-0.3, -0.25) is 9.59 Å². The van der Waals surface area contributed by atoms with Crippen LogP contribution in [0.2, 0.25) is 0 Å². The predicted octanol–water partition coefficient (Wildman–Crippen LogP) is 0.872. The van der Waals surface area contributed by atoms with Gasteiger partial charge in [-0.05, 0) is 35.1 Å². The van der Waals surface area contributed by atoms with Gasteiger partial charge in [0.25, 0.3) is 5.91 Å². The summed E-state index contributed by atoms with van der Waals surface area (Å²) in [5, 5.41) is 5.60. The van der Waals surface area contributed by atoms with Crippen molar-refractivity contribution in [3.63, 3.8) is 0 Å². The zero-order chi connectivity index (χ0) is 13.5. The minimum absolute atomic E-state index is 0. The summed E-state index contributed by atoms with van der Waals surface area (Å²) in [6.07, 6.45) is 0. The normalized spacial score (nSPS) is 9.63. The van der Waals surface area contributed by atoms with Crippen molar-refractivity contribution in [1.82, 2.24) is 15.5 Å². The molecule has 1 rings (SSSR count). The van der Waals surface area contributed by atoms with Crippen LogP contribution >= 0.6 is 28.3 Å². The van der Waals surface area contributed by atoms with E-state index in [0.29, 0.717) is 17.8 Å². The largest absolute Gasteiger partial charge is 0.444 e. The standard InChI is InChI=1S/C11H16BrN3O3.ClH/c1-13-5-6-14-10(16)7-15(2)11(17)8-3-4-9(12)18-8;/h3-4,13H,5-7H2,1-2H3,(H,14,16);1H. The van der Waals surface area contributed by atoms with E-state index in [1.807, 2.05) is 0 Å². The van der Waals surface area contributed by atoms with Crippen molar-refractivity contribution >= 4 is 40.2 Å². The van der Waals surface area contributed by atoms with Gasteiger partial charge in [0, 0.05) is 20.1 Å². The van der Waals surface area contributed by atoms with Crippen LogP contribution in [0.1, 0.15) is 10.6 Å². The first-order valence-corrected chi connectivity index (χ1v) is 6.26.